The van der Waals surface area contributed by atoms with Crippen LogP contribution in [-0.2, 0) is 11.3 Å². The minimum absolute atomic E-state index is 0.00140. The minimum Gasteiger partial charge on any atom is -0.472 e. The second kappa shape index (κ2) is 7.61. The first-order valence-corrected chi connectivity index (χ1v) is 7.40. The molecule has 0 aliphatic rings. The van der Waals surface area contributed by atoms with Crippen molar-refractivity contribution >= 4 is 17.6 Å². The van der Waals surface area contributed by atoms with Gasteiger partial charge in [-0.3, -0.25) is 0 Å². The average molecular weight is 331 g/mol. The second-order valence-corrected chi connectivity index (χ2v) is 5.05. The number of carbonyl (C=O) groups is 1. The van der Waals surface area contributed by atoms with Gasteiger partial charge >= 0.3 is 5.97 Å². The van der Waals surface area contributed by atoms with Gasteiger partial charge in [0.15, 0.2) is 0 Å². The van der Waals surface area contributed by atoms with E-state index in [9.17, 15) is 10.1 Å². The molecular weight excluding hydrogens is 316 g/mol. The van der Waals surface area contributed by atoms with Gasteiger partial charge in [0.05, 0.1) is 17.3 Å². The van der Waals surface area contributed by atoms with Crippen LogP contribution >= 0.6 is 11.6 Å². The molecule has 1 heterocycles. The predicted molar refractivity (Wildman–Crippen MR) is 85.4 cm³/mol. The first-order valence-electron chi connectivity index (χ1n) is 7.02. The molecule has 23 heavy (non-hydrogen) atoms. The van der Waals surface area contributed by atoms with Gasteiger partial charge in [-0.25, -0.2) is 9.78 Å². The quantitative estimate of drug-likeness (QED) is 0.782. The van der Waals surface area contributed by atoms with Crippen molar-refractivity contribution < 1.29 is 14.3 Å². The fourth-order valence-corrected chi connectivity index (χ4v) is 2.35. The summed E-state index contributed by atoms with van der Waals surface area (Å²) in [5.74, 6) is -0.500. The number of benzene rings is 1. The van der Waals surface area contributed by atoms with E-state index >= 15 is 0 Å². The number of hydrogen-bond donors (Lipinski definition) is 0. The van der Waals surface area contributed by atoms with Crippen LogP contribution in [-0.4, -0.2) is 17.6 Å². The number of rotatable bonds is 5. The highest BCUT2D eigenvalue weighted by molar-refractivity contribution is 6.35. The van der Waals surface area contributed by atoms with Crippen molar-refractivity contribution in [1.29, 1.82) is 5.26 Å². The van der Waals surface area contributed by atoms with Crippen molar-refractivity contribution in [2.24, 2.45) is 0 Å². The number of pyridine rings is 1. The summed E-state index contributed by atoms with van der Waals surface area (Å²) >= 11 is 6.19. The lowest BCUT2D eigenvalue weighted by molar-refractivity contribution is 0.0525. The maximum Gasteiger partial charge on any atom is 0.341 e. The Kier molecular flexibility index (Phi) is 5.56. The van der Waals surface area contributed by atoms with Crippen molar-refractivity contribution in [3.05, 3.63) is 57.7 Å². The summed E-state index contributed by atoms with van der Waals surface area (Å²) in [5, 5.41) is 9.32. The van der Waals surface area contributed by atoms with Gasteiger partial charge in [0.2, 0.25) is 5.88 Å². The minimum atomic E-state index is -0.603. The lowest BCUT2D eigenvalue weighted by Gasteiger charge is -2.13. The second-order valence-electron chi connectivity index (χ2n) is 4.67. The molecule has 0 bridgehead atoms. The molecule has 1 aromatic carbocycles. The van der Waals surface area contributed by atoms with Gasteiger partial charge in [0, 0.05) is 0 Å². The van der Waals surface area contributed by atoms with Crippen LogP contribution in [0.5, 0.6) is 5.88 Å². The molecule has 0 saturated carbocycles. The highest BCUT2D eigenvalue weighted by Crippen LogP contribution is 2.30. The van der Waals surface area contributed by atoms with E-state index in [0.717, 1.165) is 5.56 Å². The largest absolute Gasteiger partial charge is 0.472 e. The van der Waals surface area contributed by atoms with E-state index in [1.165, 1.54) is 0 Å². The molecule has 0 spiro atoms. The molecule has 1 aromatic heterocycles. The van der Waals surface area contributed by atoms with Gasteiger partial charge in [-0.15, -0.1) is 0 Å². The summed E-state index contributed by atoms with van der Waals surface area (Å²) in [4.78, 5) is 16.1. The fourth-order valence-electron chi connectivity index (χ4n) is 2.01. The average Bonchev–Trinajstić information content (AvgIpc) is 2.54. The molecule has 118 valence electrons. The third-order valence-electron chi connectivity index (χ3n) is 3.09. The maximum absolute atomic E-state index is 11.9. The zero-order valence-electron chi connectivity index (χ0n) is 12.8. The number of nitrogens with zero attached hydrogens (tertiary/aromatic N) is 2. The molecule has 2 rings (SSSR count). The number of aryl methyl sites for hydroxylation is 1. The van der Waals surface area contributed by atoms with E-state index in [0.29, 0.717) is 5.69 Å². The first kappa shape index (κ1) is 16.8. The van der Waals surface area contributed by atoms with Crippen LogP contribution in [0.1, 0.15) is 34.1 Å². The molecule has 5 nitrogen and oxygen atoms in total. The van der Waals surface area contributed by atoms with Gasteiger partial charge in [0.1, 0.15) is 23.8 Å². The van der Waals surface area contributed by atoms with Crippen LogP contribution in [0.3, 0.4) is 0 Å². The smallest absolute Gasteiger partial charge is 0.341 e. The Balaban J connectivity index is 2.34. The molecule has 0 aliphatic heterocycles. The van der Waals surface area contributed by atoms with Crippen LogP contribution in [0.15, 0.2) is 30.3 Å². The Bertz CT molecular complexity index is 755. The Morgan fingerprint density at radius 3 is 2.65 bits per heavy atom. The molecule has 0 fully saturated rings. The Morgan fingerprint density at radius 2 is 2.04 bits per heavy atom. The molecule has 0 N–H and O–H groups in total. The maximum atomic E-state index is 11.9. The number of nitriles is 1. The van der Waals surface area contributed by atoms with E-state index in [-0.39, 0.29) is 35.2 Å². The molecule has 0 aliphatic carbocycles. The molecular formula is C17H15ClN2O3. The number of hydrogen-bond acceptors (Lipinski definition) is 5. The molecule has 0 atom stereocenters. The molecule has 0 unspecified atom stereocenters. The first-order chi connectivity index (χ1) is 11.1. The Labute approximate surface area is 139 Å². The number of carbonyl (C=O) groups excluding carboxylic acids is 1. The highest BCUT2D eigenvalue weighted by atomic mass is 35.5. The molecule has 0 radical (unpaired) electrons. The van der Waals surface area contributed by atoms with Gasteiger partial charge in [-0.05, 0) is 19.4 Å². The molecule has 0 saturated heterocycles. The predicted octanol–water partition coefficient (Wildman–Crippen LogP) is 3.67. The summed E-state index contributed by atoms with van der Waals surface area (Å²) < 4.78 is 10.5. The number of ether oxygens (including phenoxy) is 2. The van der Waals surface area contributed by atoms with Crippen LogP contribution in [0.4, 0.5) is 0 Å². The van der Waals surface area contributed by atoms with E-state index in [2.05, 4.69) is 4.98 Å². The molecule has 6 heteroatoms. The summed E-state index contributed by atoms with van der Waals surface area (Å²) in [6.07, 6.45) is 0. The SMILES string of the molecule is CCOC(=O)c1c(C)nc(OCc2ccccc2)c(C#N)c1Cl. The highest BCUT2D eigenvalue weighted by Gasteiger charge is 2.23. The number of halogens is 1. The van der Waals surface area contributed by atoms with Crippen molar-refractivity contribution in [2.45, 2.75) is 20.5 Å². The fraction of sp³-hybridized carbons (Fsp3) is 0.235. The van der Waals surface area contributed by atoms with Crippen LogP contribution < -0.4 is 4.74 Å². The Morgan fingerprint density at radius 1 is 1.35 bits per heavy atom. The van der Waals surface area contributed by atoms with E-state index in [1.54, 1.807) is 13.8 Å². The lowest BCUT2D eigenvalue weighted by Crippen LogP contribution is -2.11. The normalized spacial score (nSPS) is 10.0. The summed E-state index contributed by atoms with van der Waals surface area (Å²) in [5.41, 5.74) is 1.41. The van der Waals surface area contributed by atoms with E-state index in [4.69, 9.17) is 21.1 Å². The molecule has 2 aromatic rings. The summed E-state index contributed by atoms with van der Waals surface area (Å²) in [7, 11) is 0. The monoisotopic (exact) mass is 330 g/mol. The zero-order valence-corrected chi connectivity index (χ0v) is 13.6. The zero-order chi connectivity index (χ0) is 16.8. The van der Waals surface area contributed by atoms with Crippen LogP contribution in [0, 0.1) is 18.3 Å². The molecule has 0 amide bonds. The van der Waals surface area contributed by atoms with E-state index < -0.39 is 5.97 Å². The van der Waals surface area contributed by atoms with E-state index in [1.807, 2.05) is 36.4 Å². The summed E-state index contributed by atoms with van der Waals surface area (Å²) in [6, 6.07) is 11.4. The van der Waals surface area contributed by atoms with Gasteiger partial charge < -0.3 is 9.47 Å². The lowest BCUT2D eigenvalue weighted by atomic mass is 10.1. The Hall–Kier alpha value is -2.58. The standard InChI is InChI=1S/C17H15ClN2O3/c1-3-22-17(21)14-11(2)20-16(13(9-19)15(14)18)23-10-12-7-5-4-6-8-12/h4-8H,3,10H2,1-2H3. The van der Waals surface area contributed by atoms with Gasteiger partial charge in [-0.2, -0.15) is 5.26 Å². The van der Waals surface area contributed by atoms with Crippen molar-refractivity contribution in [3.63, 3.8) is 0 Å². The van der Waals surface area contributed by atoms with Gasteiger partial charge in [0.25, 0.3) is 0 Å². The van der Waals surface area contributed by atoms with Crippen molar-refractivity contribution in [1.82, 2.24) is 4.98 Å². The third kappa shape index (κ3) is 3.79. The van der Waals surface area contributed by atoms with Crippen molar-refractivity contribution in [3.8, 4) is 11.9 Å². The number of esters is 1. The summed E-state index contributed by atoms with van der Waals surface area (Å²) in [6.45, 7) is 3.77. The third-order valence-corrected chi connectivity index (χ3v) is 3.47. The van der Waals surface area contributed by atoms with Gasteiger partial charge in [-0.1, -0.05) is 41.9 Å². The topological polar surface area (TPSA) is 72.2 Å². The number of aromatic nitrogens is 1. The van der Waals surface area contributed by atoms with Crippen LogP contribution in [0.2, 0.25) is 5.02 Å². The van der Waals surface area contributed by atoms with Crippen LogP contribution in [0.25, 0.3) is 0 Å². The van der Waals surface area contributed by atoms with Crippen molar-refractivity contribution in [2.75, 3.05) is 6.61 Å².